The van der Waals surface area contributed by atoms with Crippen molar-refractivity contribution in [2.24, 2.45) is 0 Å². The van der Waals surface area contributed by atoms with E-state index in [4.69, 9.17) is 0 Å². The van der Waals surface area contributed by atoms with Gasteiger partial charge in [0.25, 0.3) is 11.8 Å². The van der Waals surface area contributed by atoms with Gasteiger partial charge in [0.2, 0.25) is 0 Å². The first-order valence-electron chi connectivity index (χ1n) is 9.62. The Labute approximate surface area is 171 Å². The molecule has 1 aromatic heterocycles. The van der Waals surface area contributed by atoms with Gasteiger partial charge in [-0.3, -0.25) is 14.6 Å². The summed E-state index contributed by atoms with van der Waals surface area (Å²) in [7, 11) is 0. The predicted octanol–water partition coefficient (Wildman–Crippen LogP) is 4.93. The highest BCUT2D eigenvalue weighted by molar-refractivity contribution is 6.09. The third kappa shape index (κ3) is 4.51. The molecule has 29 heavy (non-hydrogen) atoms. The SMILES string of the molecule is CCN(C(=O)c1cncc(C(=O)Nc2c(C)cccc2C)c1)c1cccc(C)c1. The number of aryl methyl sites for hydroxylation is 3. The van der Waals surface area contributed by atoms with Crippen molar-refractivity contribution in [3.63, 3.8) is 0 Å². The number of para-hydroxylation sites is 1. The van der Waals surface area contributed by atoms with E-state index >= 15 is 0 Å². The fourth-order valence-electron chi connectivity index (χ4n) is 3.27. The maximum atomic E-state index is 13.1. The lowest BCUT2D eigenvalue weighted by Gasteiger charge is -2.21. The lowest BCUT2D eigenvalue weighted by Crippen LogP contribution is -2.31. The monoisotopic (exact) mass is 387 g/mol. The number of anilines is 2. The fourth-order valence-corrected chi connectivity index (χ4v) is 3.27. The Morgan fingerprint density at radius 1 is 0.931 bits per heavy atom. The number of aromatic nitrogens is 1. The van der Waals surface area contributed by atoms with Crippen molar-refractivity contribution in [2.75, 3.05) is 16.8 Å². The molecule has 5 nitrogen and oxygen atoms in total. The first kappa shape index (κ1) is 20.3. The highest BCUT2D eigenvalue weighted by Gasteiger charge is 2.19. The maximum absolute atomic E-state index is 13.1. The zero-order valence-corrected chi connectivity index (χ0v) is 17.2. The van der Waals surface area contributed by atoms with E-state index in [1.54, 1.807) is 11.0 Å². The molecular formula is C24H25N3O2. The van der Waals surface area contributed by atoms with Crippen LogP contribution in [0.2, 0.25) is 0 Å². The largest absolute Gasteiger partial charge is 0.321 e. The zero-order valence-electron chi connectivity index (χ0n) is 17.2. The highest BCUT2D eigenvalue weighted by atomic mass is 16.2. The van der Waals surface area contributed by atoms with Gasteiger partial charge in [0.15, 0.2) is 0 Å². The molecule has 2 aromatic carbocycles. The molecule has 0 aliphatic rings. The van der Waals surface area contributed by atoms with E-state index in [1.807, 2.05) is 70.2 Å². The molecule has 1 heterocycles. The van der Waals surface area contributed by atoms with Gasteiger partial charge in [0, 0.05) is 30.3 Å². The third-order valence-corrected chi connectivity index (χ3v) is 4.84. The lowest BCUT2D eigenvalue weighted by molar-refractivity contribution is 0.0988. The van der Waals surface area contributed by atoms with Crippen molar-refractivity contribution in [3.05, 3.63) is 88.7 Å². The summed E-state index contributed by atoms with van der Waals surface area (Å²) in [6.07, 6.45) is 2.97. The number of pyridine rings is 1. The third-order valence-electron chi connectivity index (χ3n) is 4.84. The molecule has 0 bridgehead atoms. The minimum atomic E-state index is -0.289. The van der Waals surface area contributed by atoms with Crippen molar-refractivity contribution in [3.8, 4) is 0 Å². The summed E-state index contributed by atoms with van der Waals surface area (Å²) in [6.45, 7) is 8.32. The van der Waals surface area contributed by atoms with Gasteiger partial charge < -0.3 is 10.2 Å². The molecule has 0 spiro atoms. The predicted molar refractivity (Wildman–Crippen MR) is 117 cm³/mol. The maximum Gasteiger partial charge on any atom is 0.259 e. The number of hydrogen-bond donors (Lipinski definition) is 1. The number of carbonyl (C=O) groups is 2. The lowest BCUT2D eigenvalue weighted by atomic mass is 10.1. The van der Waals surface area contributed by atoms with Crippen LogP contribution in [0.1, 0.15) is 44.3 Å². The highest BCUT2D eigenvalue weighted by Crippen LogP contribution is 2.21. The van der Waals surface area contributed by atoms with Crippen molar-refractivity contribution in [2.45, 2.75) is 27.7 Å². The van der Waals surface area contributed by atoms with Crippen LogP contribution in [0.25, 0.3) is 0 Å². The van der Waals surface area contributed by atoms with Crippen molar-refractivity contribution >= 4 is 23.2 Å². The van der Waals surface area contributed by atoms with Crippen molar-refractivity contribution in [1.82, 2.24) is 4.98 Å². The molecule has 0 aliphatic heterocycles. The number of hydrogen-bond acceptors (Lipinski definition) is 3. The van der Waals surface area contributed by atoms with E-state index < -0.39 is 0 Å². The van der Waals surface area contributed by atoms with Crippen LogP contribution in [0.4, 0.5) is 11.4 Å². The molecule has 0 radical (unpaired) electrons. The summed E-state index contributed by atoms with van der Waals surface area (Å²) >= 11 is 0. The number of benzene rings is 2. The Hall–Kier alpha value is -3.47. The molecule has 0 unspecified atom stereocenters. The Balaban J connectivity index is 1.86. The zero-order chi connectivity index (χ0) is 21.0. The van der Waals surface area contributed by atoms with Gasteiger partial charge in [-0.1, -0.05) is 30.3 Å². The summed E-state index contributed by atoms with van der Waals surface area (Å²) < 4.78 is 0. The van der Waals surface area contributed by atoms with E-state index in [9.17, 15) is 9.59 Å². The summed E-state index contributed by atoms with van der Waals surface area (Å²) in [5.74, 6) is -0.476. The number of nitrogens with zero attached hydrogens (tertiary/aromatic N) is 2. The fraction of sp³-hybridized carbons (Fsp3) is 0.208. The van der Waals surface area contributed by atoms with Gasteiger partial charge in [0.1, 0.15) is 0 Å². The number of amides is 2. The van der Waals surface area contributed by atoms with Crippen LogP contribution in [0.15, 0.2) is 60.9 Å². The van der Waals surface area contributed by atoms with Crippen LogP contribution < -0.4 is 10.2 Å². The second-order valence-electron chi connectivity index (χ2n) is 7.07. The second-order valence-corrected chi connectivity index (χ2v) is 7.07. The number of nitrogens with one attached hydrogen (secondary N) is 1. The van der Waals surface area contributed by atoms with Gasteiger partial charge in [-0.25, -0.2) is 0 Å². The molecule has 0 saturated carbocycles. The van der Waals surface area contributed by atoms with Crippen LogP contribution >= 0.6 is 0 Å². The van der Waals surface area contributed by atoms with E-state index in [-0.39, 0.29) is 11.8 Å². The molecule has 148 valence electrons. The molecular weight excluding hydrogens is 362 g/mol. The topological polar surface area (TPSA) is 62.3 Å². The second kappa shape index (κ2) is 8.69. The molecule has 3 aromatic rings. The molecule has 1 N–H and O–H groups in total. The van der Waals surface area contributed by atoms with Crippen molar-refractivity contribution < 1.29 is 9.59 Å². The Bertz CT molecular complexity index is 1040. The van der Waals surface area contributed by atoms with Gasteiger partial charge in [0.05, 0.1) is 11.1 Å². The first-order chi connectivity index (χ1) is 13.9. The molecule has 2 amide bonds. The quantitative estimate of drug-likeness (QED) is 0.675. The summed E-state index contributed by atoms with van der Waals surface area (Å²) in [6, 6.07) is 15.2. The number of rotatable bonds is 5. The summed E-state index contributed by atoms with van der Waals surface area (Å²) in [5, 5.41) is 2.94. The number of carbonyl (C=O) groups excluding carboxylic acids is 2. The van der Waals surface area contributed by atoms with E-state index in [2.05, 4.69) is 10.3 Å². The molecule has 5 heteroatoms. The first-order valence-corrected chi connectivity index (χ1v) is 9.62. The van der Waals surface area contributed by atoms with Crippen LogP contribution in [-0.4, -0.2) is 23.3 Å². The van der Waals surface area contributed by atoms with Gasteiger partial charge in [-0.2, -0.15) is 0 Å². The molecule has 0 aliphatic carbocycles. The van der Waals surface area contributed by atoms with Gasteiger partial charge in [-0.05, 0) is 62.6 Å². The van der Waals surface area contributed by atoms with E-state index in [0.29, 0.717) is 17.7 Å². The van der Waals surface area contributed by atoms with E-state index in [0.717, 1.165) is 28.1 Å². The Morgan fingerprint density at radius 2 is 1.59 bits per heavy atom. The van der Waals surface area contributed by atoms with Crippen LogP contribution in [0, 0.1) is 20.8 Å². The summed E-state index contributed by atoms with van der Waals surface area (Å²) in [5.41, 5.74) is 5.37. The van der Waals surface area contributed by atoms with Gasteiger partial charge >= 0.3 is 0 Å². The summed E-state index contributed by atoms with van der Waals surface area (Å²) in [4.78, 5) is 31.7. The van der Waals surface area contributed by atoms with Crippen LogP contribution in [-0.2, 0) is 0 Å². The Kier molecular flexibility index (Phi) is 6.07. The van der Waals surface area contributed by atoms with Crippen LogP contribution in [0.3, 0.4) is 0 Å². The van der Waals surface area contributed by atoms with Crippen molar-refractivity contribution in [1.29, 1.82) is 0 Å². The van der Waals surface area contributed by atoms with Gasteiger partial charge in [-0.15, -0.1) is 0 Å². The molecule has 0 saturated heterocycles. The molecule has 0 atom stereocenters. The normalized spacial score (nSPS) is 10.5. The Morgan fingerprint density at radius 3 is 2.24 bits per heavy atom. The smallest absolute Gasteiger partial charge is 0.259 e. The van der Waals surface area contributed by atoms with Crippen LogP contribution in [0.5, 0.6) is 0 Å². The molecule has 3 rings (SSSR count). The average molecular weight is 387 g/mol. The minimum Gasteiger partial charge on any atom is -0.321 e. The molecule has 0 fully saturated rings. The average Bonchev–Trinajstić information content (AvgIpc) is 2.71. The van der Waals surface area contributed by atoms with E-state index in [1.165, 1.54) is 12.4 Å². The standard InChI is InChI=1S/C24H25N3O2/c1-5-27(21-11-6-8-16(2)12-21)24(29)20-13-19(14-25-15-20)23(28)26-22-17(3)9-7-10-18(22)4/h6-15H,5H2,1-4H3,(H,26,28). The minimum absolute atomic E-state index is 0.188.